The fraction of sp³-hybridized carbons (Fsp3) is 0.625. The van der Waals surface area contributed by atoms with E-state index in [1.165, 1.54) is 12.5 Å². The van der Waals surface area contributed by atoms with Gasteiger partial charge < -0.3 is 4.74 Å². The highest BCUT2D eigenvalue weighted by Crippen LogP contribution is 2.10. The van der Waals surface area contributed by atoms with Gasteiger partial charge in [0.2, 0.25) is 0 Å². The van der Waals surface area contributed by atoms with E-state index in [1.54, 1.807) is 0 Å². The Labute approximate surface area is 72.2 Å². The molecule has 0 fully saturated rings. The summed E-state index contributed by atoms with van der Waals surface area (Å²) in [7, 11) is 0. The lowest BCUT2D eigenvalue weighted by Crippen LogP contribution is -2.09. The Morgan fingerprint density at radius 1 is 1.64 bits per heavy atom. The Hall–Kier alpha value is -0.500. The van der Waals surface area contributed by atoms with E-state index in [0.717, 1.165) is 5.57 Å². The van der Waals surface area contributed by atoms with Crippen LogP contribution in [-0.4, -0.2) is 12.6 Å². The summed E-state index contributed by atoms with van der Waals surface area (Å²) in [5, 5.41) is 0. The van der Waals surface area contributed by atoms with Crippen LogP contribution in [0.2, 0.25) is 0 Å². The van der Waals surface area contributed by atoms with Crippen LogP contribution < -0.4 is 0 Å². The minimum Gasteiger partial charge on any atom is -0.465 e. The van der Waals surface area contributed by atoms with Crippen molar-refractivity contribution in [2.24, 2.45) is 5.92 Å². The third-order valence-electron chi connectivity index (χ3n) is 1.49. The smallest absolute Gasteiger partial charge is 0.302 e. The highest BCUT2D eigenvalue weighted by molar-refractivity contribution is 6.25. The van der Waals surface area contributed by atoms with Gasteiger partial charge in [-0.2, -0.15) is 0 Å². The highest BCUT2D eigenvalue weighted by atomic mass is 35.5. The van der Waals surface area contributed by atoms with Gasteiger partial charge in [-0.25, -0.2) is 0 Å². The van der Waals surface area contributed by atoms with Crippen molar-refractivity contribution in [2.75, 3.05) is 6.61 Å². The van der Waals surface area contributed by atoms with Crippen molar-refractivity contribution in [1.29, 1.82) is 0 Å². The summed E-state index contributed by atoms with van der Waals surface area (Å²) in [4.78, 5) is 10.4. The van der Waals surface area contributed by atoms with E-state index in [1.807, 2.05) is 13.8 Å². The number of hydrogen-bond donors (Lipinski definition) is 0. The van der Waals surface area contributed by atoms with Crippen molar-refractivity contribution >= 4 is 17.6 Å². The molecule has 0 saturated heterocycles. The Kier molecular flexibility index (Phi) is 4.95. The number of carbonyl (C=O) groups is 1. The van der Waals surface area contributed by atoms with Crippen molar-refractivity contribution in [3.63, 3.8) is 0 Å². The predicted molar refractivity (Wildman–Crippen MR) is 45.4 cm³/mol. The van der Waals surface area contributed by atoms with Gasteiger partial charge in [-0.05, 0) is 6.92 Å². The van der Waals surface area contributed by atoms with E-state index in [9.17, 15) is 4.79 Å². The topological polar surface area (TPSA) is 26.3 Å². The molecule has 11 heavy (non-hydrogen) atoms. The van der Waals surface area contributed by atoms with Crippen LogP contribution in [0, 0.1) is 5.92 Å². The van der Waals surface area contributed by atoms with Gasteiger partial charge in [-0.1, -0.05) is 24.1 Å². The van der Waals surface area contributed by atoms with Gasteiger partial charge in [-0.3, -0.25) is 4.79 Å². The summed E-state index contributed by atoms with van der Waals surface area (Å²) < 4.78 is 4.79. The van der Waals surface area contributed by atoms with E-state index < -0.39 is 0 Å². The summed E-state index contributed by atoms with van der Waals surface area (Å²) in [6.45, 7) is 5.66. The summed E-state index contributed by atoms with van der Waals surface area (Å²) >= 11 is 5.46. The average molecular weight is 177 g/mol. The second-order valence-electron chi connectivity index (χ2n) is 2.56. The molecule has 0 saturated carbocycles. The maximum atomic E-state index is 10.4. The number of carbonyl (C=O) groups excluding carboxylic acids is 1. The molecule has 0 aromatic heterocycles. The van der Waals surface area contributed by atoms with Gasteiger partial charge in [0, 0.05) is 18.4 Å². The molecule has 0 amide bonds. The molecule has 0 bridgehead atoms. The molecule has 0 aliphatic heterocycles. The van der Waals surface area contributed by atoms with Crippen molar-refractivity contribution < 1.29 is 9.53 Å². The summed E-state index contributed by atoms with van der Waals surface area (Å²) in [6.07, 6.45) is 0. The van der Waals surface area contributed by atoms with Crippen molar-refractivity contribution in [3.8, 4) is 0 Å². The second-order valence-corrected chi connectivity index (χ2v) is 2.77. The van der Waals surface area contributed by atoms with E-state index in [2.05, 4.69) is 0 Å². The zero-order valence-corrected chi connectivity index (χ0v) is 7.81. The van der Waals surface area contributed by atoms with Crippen LogP contribution in [0.4, 0.5) is 0 Å². The second kappa shape index (κ2) is 5.19. The molecule has 0 rings (SSSR count). The average Bonchev–Trinajstić information content (AvgIpc) is 1.98. The highest BCUT2D eigenvalue weighted by Gasteiger charge is 2.04. The minimum absolute atomic E-state index is 0.205. The molecule has 0 aliphatic rings. The van der Waals surface area contributed by atoms with Crippen LogP contribution in [0.25, 0.3) is 0 Å². The van der Waals surface area contributed by atoms with Gasteiger partial charge in [-0.15, -0.1) is 0 Å². The van der Waals surface area contributed by atoms with Gasteiger partial charge >= 0.3 is 5.97 Å². The molecule has 1 atom stereocenters. The molecule has 0 radical (unpaired) electrons. The van der Waals surface area contributed by atoms with Crippen molar-refractivity contribution in [1.82, 2.24) is 0 Å². The third kappa shape index (κ3) is 4.85. The first-order chi connectivity index (χ1) is 5.07. The van der Waals surface area contributed by atoms with Crippen LogP contribution in [-0.2, 0) is 9.53 Å². The van der Waals surface area contributed by atoms with Gasteiger partial charge in [0.1, 0.15) is 0 Å². The fourth-order valence-corrected chi connectivity index (χ4v) is 0.696. The maximum Gasteiger partial charge on any atom is 0.302 e. The van der Waals surface area contributed by atoms with E-state index in [-0.39, 0.29) is 11.9 Å². The lowest BCUT2D eigenvalue weighted by molar-refractivity contribution is -0.141. The van der Waals surface area contributed by atoms with Crippen molar-refractivity contribution in [3.05, 3.63) is 11.1 Å². The molecule has 3 heteroatoms. The first-order valence-corrected chi connectivity index (χ1v) is 3.91. The number of rotatable bonds is 3. The Morgan fingerprint density at radius 2 is 2.18 bits per heavy atom. The molecule has 0 spiro atoms. The standard InChI is InChI=1S/C8H13ClO2/c1-6(4-9)7(2)5-11-8(3)10/h4,7H,5H2,1-3H3/b6-4+. The predicted octanol–water partition coefficient (Wildman–Crippen LogP) is 2.33. The first-order valence-electron chi connectivity index (χ1n) is 3.48. The number of halogens is 1. The lowest BCUT2D eigenvalue weighted by atomic mass is 10.1. The van der Waals surface area contributed by atoms with Crippen molar-refractivity contribution in [2.45, 2.75) is 20.8 Å². The fourth-order valence-electron chi connectivity index (χ4n) is 0.481. The Morgan fingerprint density at radius 3 is 2.55 bits per heavy atom. The van der Waals surface area contributed by atoms with Crippen LogP contribution in [0.1, 0.15) is 20.8 Å². The zero-order valence-electron chi connectivity index (χ0n) is 7.06. The molecule has 0 aliphatic carbocycles. The molecule has 0 aromatic carbocycles. The zero-order chi connectivity index (χ0) is 8.85. The normalized spacial score (nSPS) is 14.4. The summed E-state index contributed by atoms with van der Waals surface area (Å²) in [5.41, 5.74) is 2.53. The van der Waals surface area contributed by atoms with Crippen LogP contribution in [0.3, 0.4) is 0 Å². The molecule has 0 aromatic rings. The Bertz CT molecular complexity index is 163. The summed E-state index contributed by atoms with van der Waals surface area (Å²) in [5.74, 6) is -0.0457. The minimum atomic E-state index is -0.251. The Balaban J connectivity index is 3.69. The largest absolute Gasteiger partial charge is 0.465 e. The quantitative estimate of drug-likeness (QED) is 0.617. The molecule has 0 N–H and O–H groups in total. The van der Waals surface area contributed by atoms with Gasteiger partial charge in [0.25, 0.3) is 0 Å². The monoisotopic (exact) mass is 176 g/mol. The van der Waals surface area contributed by atoms with E-state index >= 15 is 0 Å². The number of ether oxygens (including phenoxy) is 1. The summed E-state index contributed by atoms with van der Waals surface area (Å²) in [6, 6.07) is 0. The van der Waals surface area contributed by atoms with Gasteiger partial charge in [0.05, 0.1) is 6.61 Å². The lowest BCUT2D eigenvalue weighted by Gasteiger charge is -2.10. The number of esters is 1. The molecule has 1 unspecified atom stereocenters. The maximum absolute atomic E-state index is 10.4. The van der Waals surface area contributed by atoms with Gasteiger partial charge in [0.15, 0.2) is 0 Å². The molecule has 2 nitrogen and oxygen atoms in total. The third-order valence-corrected chi connectivity index (χ3v) is 1.83. The van der Waals surface area contributed by atoms with Crippen LogP contribution in [0.15, 0.2) is 11.1 Å². The molecule has 64 valence electrons. The molecular weight excluding hydrogens is 164 g/mol. The number of hydrogen-bond acceptors (Lipinski definition) is 2. The molecular formula is C8H13ClO2. The SMILES string of the molecule is CC(=O)OCC(C)/C(C)=C/Cl. The first kappa shape index (κ1) is 10.5. The van der Waals surface area contributed by atoms with Crippen LogP contribution >= 0.6 is 11.6 Å². The van der Waals surface area contributed by atoms with E-state index in [4.69, 9.17) is 16.3 Å². The van der Waals surface area contributed by atoms with Crippen LogP contribution in [0.5, 0.6) is 0 Å². The van der Waals surface area contributed by atoms with E-state index in [0.29, 0.717) is 6.61 Å². The molecule has 0 heterocycles.